The number of halogens is 1. The molecule has 1 rings (SSSR count). The van der Waals surface area contributed by atoms with Gasteiger partial charge in [0.15, 0.2) is 0 Å². The molecule has 0 bridgehead atoms. The first kappa shape index (κ1) is 15.5. The maximum Gasteiger partial charge on any atom is 0.0406 e. The summed E-state index contributed by atoms with van der Waals surface area (Å²) in [6.45, 7) is 12.2. The van der Waals surface area contributed by atoms with E-state index in [4.69, 9.17) is 11.6 Å². The summed E-state index contributed by atoms with van der Waals surface area (Å²) in [5.74, 6) is 1.26. The van der Waals surface area contributed by atoms with Gasteiger partial charge in [-0.15, -0.1) is 0 Å². The Kier molecular flexibility index (Phi) is 5.68. The van der Waals surface area contributed by atoms with Crippen LogP contribution < -0.4 is 5.32 Å². The lowest BCUT2D eigenvalue weighted by atomic mass is 9.89. The molecule has 1 unspecified atom stereocenters. The van der Waals surface area contributed by atoms with Crippen LogP contribution in [0.2, 0.25) is 5.02 Å². The fourth-order valence-corrected chi connectivity index (χ4v) is 2.20. The second-order valence-corrected chi connectivity index (χ2v) is 6.95. The SMILES string of the molecule is CC(C)CC(CNC(C)(C)C)c1ccc(Cl)cc1. The van der Waals surface area contributed by atoms with Gasteiger partial charge in [0.2, 0.25) is 0 Å². The summed E-state index contributed by atoms with van der Waals surface area (Å²) in [6.07, 6.45) is 1.20. The molecule has 0 aliphatic carbocycles. The van der Waals surface area contributed by atoms with Gasteiger partial charge >= 0.3 is 0 Å². The molecule has 1 aromatic carbocycles. The third-order valence-electron chi connectivity index (χ3n) is 2.98. The average molecular weight is 268 g/mol. The Balaban J connectivity index is 2.74. The zero-order valence-corrected chi connectivity index (χ0v) is 13.0. The van der Waals surface area contributed by atoms with E-state index in [1.54, 1.807) is 0 Å². The lowest BCUT2D eigenvalue weighted by molar-refractivity contribution is 0.381. The molecule has 0 spiro atoms. The van der Waals surface area contributed by atoms with E-state index in [-0.39, 0.29) is 5.54 Å². The van der Waals surface area contributed by atoms with E-state index in [0.29, 0.717) is 11.8 Å². The Bertz CT molecular complexity index is 348. The number of hydrogen-bond donors (Lipinski definition) is 1. The van der Waals surface area contributed by atoms with Crippen LogP contribution in [0.4, 0.5) is 0 Å². The topological polar surface area (TPSA) is 12.0 Å². The number of nitrogens with one attached hydrogen (secondary N) is 1. The molecule has 0 radical (unpaired) electrons. The zero-order valence-electron chi connectivity index (χ0n) is 12.3. The van der Waals surface area contributed by atoms with Crippen molar-refractivity contribution >= 4 is 11.6 Å². The van der Waals surface area contributed by atoms with Crippen molar-refractivity contribution in [1.29, 1.82) is 0 Å². The van der Waals surface area contributed by atoms with Gasteiger partial charge in [0.25, 0.3) is 0 Å². The van der Waals surface area contributed by atoms with Crippen LogP contribution in [-0.2, 0) is 0 Å². The number of benzene rings is 1. The van der Waals surface area contributed by atoms with Crippen LogP contribution >= 0.6 is 11.6 Å². The summed E-state index contributed by atoms with van der Waals surface area (Å²) >= 11 is 5.96. The molecule has 18 heavy (non-hydrogen) atoms. The Morgan fingerprint density at radius 3 is 2.11 bits per heavy atom. The molecule has 0 heterocycles. The van der Waals surface area contributed by atoms with E-state index >= 15 is 0 Å². The molecule has 0 aromatic heterocycles. The van der Waals surface area contributed by atoms with Gasteiger partial charge in [0.05, 0.1) is 0 Å². The first-order valence-corrected chi connectivity index (χ1v) is 7.16. The molecule has 0 saturated heterocycles. The van der Waals surface area contributed by atoms with E-state index < -0.39 is 0 Å². The summed E-state index contributed by atoms with van der Waals surface area (Å²) in [4.78, 5) is 0. The van der Waals surface area contributed by atoms with Crippen LogP contribution in [-0.4, -0.2) is 12.1 Å². The van der Waals surface area contributed by atoms with Crippen molar-refractivity contribution < 1.29 is 0 Å². The van der Waals surface area contributed by atoms with Crippen LogP contribution in [0.1, 0.15) is 52.5 Å². The first-order chi connectivity index (χ1) is 8.28. The molecule has 0 saturated carbocycles. The van der Waals surface area contributed by atoms with E-state index in [1.165, 1.54) is 12.0 Å². The van der Waals surface area contributed by atoms with Crippen LogP contribution in [0, 0.1) is 5.92 Å². The maximum absolute atomic E-state index is 5.96. The highest BCUT2D eigenvalue weighted by Crippen LogP contribution is 2.25. The fraction of sp³-hybridized carbons (Fsp3) is 0.625. The van der Waals surface area contributed by atoms with Crippen LogP contribution in [0.5, 0.6) is 0 Å². The summed E-state index contributed by atoms with van der Waals surface area (Å²) in [6, 6.07) is 8.28. The molecule has 0 aliphatic heterocycles. The van der Waals surface area contributed by atoms with Crippen molar-refractivity contribution in [2.45, 2.75) is 52.5 Å². The standard InChI is InChI=1S/C16H26ClN/c1-12(2)10-14(11-18-16(3,4)5)13-6-8-15(17)9-7-13/h6-9,12,14,18H,10-11H2,1-5H3. The predicted octanol–water partition coefficient (Wildman–Crippen LogP) is 4.86. The molecule has 0 amide bonds. The van der Waals surface area contributed by atoms with Gasteiger partial charge in [-0.05, 0) is 56.7 Å². The van der Waals surface area contributed by atoms with Crippen molar-refractivity contribution in [2.24, 2.45) is 5.92 Å². The van der Waals surface area contributed by atoms with E-state index in [2.05, 4.69) is 52.1 Å². The molecule has 1 aromatic rings. The van der Waals surface area contributed by atoms with Gasteiger partial charge in [0, 0.05) is 17.1 Å². The molecule has 102 valence electrons. The minimum Gasteiger partial charge on any atom is -0.311 e. The highest BCUT2D eigenvalue weighted by Gasteiger charge is 2.17. The molecule has 0 aliphatic rings. The van der Waals surface area contributed by atoms with Crippen molar-refractivity contribution in [3.8, 4) is 0 Å². The largest absolute Gasteiger partial charge is 0.311 e. The van der Waals surface area contributed by atoms with Gasteiger partial charge in [-0.25, -0.2) is 0 Å². The van der Waals surface area contributed by atoms with Crippen molar-refractivity contribution in [3.63, 3.8) is 0 Å². The van der Waals surface area contributed by atoms with Gasteiger partial charge in [0.1, 0.15) is 0 Å². The van der Waals surface area contributed by atoms with Gasteiger partial charge in [-0.2, -0.15) is 0 Å². The first-order valence-electron chi connectivity index (χ1n) is 6.78. The van der Waals surface area contributed by atoms with E-state index in [9.17, 15) is 0 Å². The molecular weight excluding hydrogens is 242 g/mol. The Morgan fingerprint density at radius 2 is 1.67 bits per heavy atom. The minimum absolute atomic E-state index is 0.168. The van der Waals surface area contributed by atoms with Crippen LogP contribution in [0.15, 0.2) is 24.3 Å². The van der Waals surface area contributed by atoms with Crippen molar-refractivity contribution in [3.05, 3.63) is 34.9 Å². The van der Waals surface area contributed by atoms with Crippen LogP contribution in [0.3, 0.4) is 0 Å². The Morgan fingerprint density at radius 1 is 1.11 bits per heavy atom. The molecule has 1 nitrogen and oxygen atoms in total. The van der Waals surface area contributed by atoms with E-state index in [1.807, 2.05) is 12.1 Å². The van der Waals surface area contributed by atoms with Crippen LogP contribution in [0.25, 0.3) is 0 Å². The maximum atomic E-state index is 5.96. The summed E-state index contributed by atoms with van der Waals surface area (Å²) < 4.78 is 0. The smallest absolute Gasteiger partial charge is 0.0406 e. The number of rotatable bonds is 5. The normalized spacial score (nSPS) is 13.9. The quantitative estimate of drug-likeness (QED) is 0.804. The second kappa shape index (κ2) is 6.58. The van der Waals surface area contributed by atoms with Crippen molar-refractivity contribution in [1.82, 2.24) is 5.32 Å². The van der Waals surface area contributed by atoms with E-state index in [0.717, 1.165) is 11.6 Å². The van der Waals surface area contributed by atoms with Crippen molar-refractivity contribution in [2.75, 3.05) is 6.54 Å². The third-order valence-corrected chi connectivity index (χ3v) is 3.23. The number of hydrogen-bond acceptors (Lipinski definition) is 1. The molecule has 1 N–H and O–H groups in total. The highest BCUT2D eigenvalue weighted by atomic mass is 35.5. The lowest BCUT2D eigenvalue weighted by Gasteiger charge is -2.26. The third kappa shape index (κ3) is 5.88. The Labute approximate surface area is 117 Å². The monoisotopic (exact) mass is 267 g/mol. The fourth-order valence-electron chi connectivity index (χ4n) is 2.07. The molecule has 1 atom stereocenters. The van der Waals surface area contributed by atoms with Gasteiger partial charge in [-0.1, -0.05) is 37.6 Å². The second-order valence-electron chi connectivity index (χ2n) is 6.51. The van der Waals surface area contributed by atoms with Gasteiger partial charge in [-0.3, -0.25) is 0 Å². The Hall–Kier alpha value is -0.530. The van der Waals surface area contributed by atoms with Gasteiger partial charge < -0.3 is 5.32 Å². The predicted molar refractivity (Wildman–Crippen MR) is 81.4 cm³/mol. The summed E-state index contributed by atoms with van der Waals surface area (Å²) in [5, 5.41) is 4.42. The summed E-state index contributed by atoms with van der Waals surface area (Å²) in [5.41, 5.74) is 1.55. The summed E-state index contributed by atoms with van der Waals surface area (Å²) in [7, 11) is 0. The molecular formula is C16H26ClN. The zero-order chi connectivity index (χ0) is 13.8. The average Bonchev–Trinajstić information content (AvgIpc) is 2.24. The molecule has 2 heteroatoms. The highest BCUT2D eigenvalue weighted by molar-refractivity contribution is 6.30. The minimum atomic E-state index is 0.168. The lowest BCUT2D eigenvalue weighted by Crippen LogP contribution is -2.38. The molecule has 0 fully saturated rings.